The molecule has 2 nitrogen and oxygen atoms in total. The molecule has 14 heavy (non-hydrogen) atoms. The molecule has 0 amide bonds. The predicted octanol–water partition coefficient (Wildman–Crippen LogP) is 2.95. The Morgan fingerprint density at radius 2 is 2.00 bits per heavy atom. The number of halogens is 1. The van der Waals surface area contributed by atoms with Gasteiger partial charge in [0.25, 0.3) is 0 Å². The summed E-state index contributed by atoms with van der Waals surface area (Å²) in [4.78, 5) is 6.10. The van der Waals surface area contributed by atoms with E-state index < -0.39 is 0 Å². The monoisotopic (exact) mass is 206 g/mol. The maximum atomic E-state index is 5.96. The van der Waals surface area contributed by atoms with Gasteiger partial charge in [-0.25, -0.2) is 4.98 Å². The summed E-state index contributed by atoms with van der Waals surface area (Å²) >= 11 is 5.96. The molecule has 2 rings (SSSR count). The molecule has 0 radical (unpaired) electrons. The standard InChI is InChI=1S/C11H11ClN2/c1-14(2)9-3-4-10-8(7-9)5-6-13-11(10)12/h3-7H,1-2H3. The number of pyridine rings is 1. The van der Waals surface area contributed by atoms with Gasteiger partial charge in [-0.15, -0.1) is 0 Å². The smallest absolute Gasteiger partial charge is 0.136 e. The highest BCUT2D eigenvalue weighted by atomic mass is 35.5. The first-order valence-corrected chi connectivity index (χ1v) is 4.78. The molecule has 72 valence electrons. The Balaban J connectivity index is 2.67. The van der Waals surface area contributed by atoms with Crippen molar-refractivity contribution in [3.05, 3.63) is 35.6 Å². The average molecular weight is 207 g/mol. The number of hydrogen-bond donors (Lipinski definition) is 0. The number of aromatic nitrogens is 1. The van der Waals surface area contributed by atoms with Gasteiger partial charge in [-0.05, 0) is 29.7 Å². The Hall–Kier alpha value is -1.28. The maximum absolute atomic E-state index is 5.96. The second-order valence-electron chi connectivity index (χ2n) is 3.40. The van der Waals surface area contributed by atoms with E-state index in [0.717, 1.165) is 10.8 Å². The summed E-state index contributed by atoms with van der Waals surface area (Å²) in [5.41, 5.74) is 1.17. The molecule has 0 aliphatic rings. The Morgan fingerprint density at radius 3 is 2.71 bits per heavy atom. The minimum absolute atomic E-state index is 0.563. The first-order chi connectivity index (χ1) is 6.68. The summed E-state index contributed by atoms with van der Waals surface area (Å²) in [6.07, 6.45) is 1.73. The molecule has 0 saturated heterocycles. The molecular formula is C11H11ClN2. The van der Waals surface area contributed by atoms with Crippen LogP contribution in [0.5, 0.6) is 0 Å². The first-order valence-electron chi connectivity index (χ1n) is 4.40. The highest BCUT2D eigenvalue weighted by Crippen LogP contribution is 2.24. The highest BCUT2D eigenvalue weighted by Gasteiger charge is 2.01. The average Bonchev–Trinajstić information content (AvgIpc) is 2.17. The molecule has 0 aliphatic heterocycles. The number of benzene rings is 1. The molecule has 0 fully saturated rings. The molecule has 1 aromatic heterocycles. The van der Waals surface area contributed by atoms with Crippen LogP contribution >= 0.6 is 11.6 Å². The number of anilines is 1. The topological polar surface area (TPSA) is 16.1 Å². The zero-order valence-corrected chi connectivity index (χ0v) is 8.92. The van der Waals surface area contributed by atoms with Crippen molar-refractivity contribution in [3.8, 4) is 0 Å². The zero-order chi connectivity index (χ0) is 10.1. The fraction of sp³-hybridized carbons (Fsp3) is 0.182. The molecule has 1 aromatic carbocycles. The summed E-state index contributed by atoms with van der Waals surface area (Å²) in [5, 5.41) is 2.68. The van der Waals surface area contributed by atoms with Crippen molar-refractivity contribution in [3.63, 3.8) is 0 Å². The summed E-state index contributed by atoms with van der Waals surface area (Å²) in [6, 6.07) is 8.10. The van der Waals surface area contributed by atoms with Gasteiger partial charge in [-0.1, -0.05) is 11.6 Å². The van der Waals surface area contributed by atoms with Gasteiger partial charge < -0.3 is 4.90 Å². The van der Waals surface area contributed by atoms with E-state index >= 15 is 0 Å². The van der Waals surface area contributed by atoms with Crippen molar-refractivity contribution < 1.29 is 0 Å². The van der Waals surface area contributed by atoms with Crippen molar-refractivity contribution >= 4 is 28.1 Å². The molecule has 2 aromatic rings. The van der Waals surface area contributed by atoms with E-state index in [4.69, 9.17) is 11.6 Å². The van der Waals surface area contributed by atoms with Crippen LogP contribution in [-0.2, 0) is 0 Å². The summed E-state index contributed by atoms with van der Waals surface area (Å²) < 4.78 is 0. The van der Waals surface area contributed by atoms with Gasteiger partial charge in [-0.2, -0.15) is 0 Å². The van der Waals surface area contributed by atoms with Crippen LogP contribution in [0, 0.1) is 0 Å². The lowest BCUT2D eigenvalue weighted by Gasteiger charge is -2.12. The molecule has 0 N–H and O–H groups in total. The van der Waals surface area contributed by atoms with Crippen LogP contribution in [0.2, 0.25) is 5.15 Å². The predicted molar refractivity (Wildman–Crippen MR) is 61.1 cm³/mol. The Bertz CT molecular complexity index is 466. The Morgan fingerprint density at radius 1 is 1.21 bits per heavy atom. The molecule has 0 bridgehead atoms. The van der Waals surface area contributed by atoms with Gasteiger partial charge in [0.05, 0.1) is 0 Å². The van der Waals surface area contributed by atoms with Crippen LogP contribution in [0.1, 0.15) is 0 Å². The number of hydrogen-bond acceptors (Lipinski definition) is 2. The van der Waals surface area contributed by atoms with E-state index in [1.165, 1.54) is 5.69 Å². The van der Waals surface area contributed by atoms with Crippen LogP contribution in [0.3, 0.4) is 0 Å². The number of rotatable bonds is 1. The van der Waals surface area contributed by atoms with E-state index in [9.17, 15) is 0 Å². The van der Waals surface area contributed by atoms with Gasteiger partial charge in [0.2, 0.25) is 0 Å². The van der Waals surface area contributed by atoms with Crippen LogP contribution < -0.4 is 4.90 Å². The van der Waals surface area contributed by atoms with E-state index in [-0.39, 0.29) is 0 Å². The molecule has 1 heterocycles. The van der Waals surface area contributed by atoms with Crippen LogP contribution in [0.25, 0.3) is 10.8 Å². The van der Waals surface area contributed by atoms with E-state index in [2.05, 4.69) is 16.0 Å². The van der Waals surface area contributed by atoms with Crippen molar-refractivity contribution in [1.82, 2.24) is 4.98 Å². The molecule has 0 atom stereocenters. The van der Waals surface area contributed by atoms with E-state index in [0.29, 0.717) is 5.15 Å². The first kappa shape index (κ1) is 9.28. The molecule has 0 spiro atoms. The van der Waals surface area contributed by atoms with Gasteiger partial charge in [0, 0.05) is 31.4 Å². The van der Waals surface area contributed by atoms with Crippen LogP contribution in [0.15, 0.2) is 30.5 Å². The SMILES string of the molecule is CN(C)c1ccc2c(Cl)nccc2c1. The maximum Gasteiger partial charge on any atom is 0.136 e. The summed E-state index contributed by atoms with van der Waals surface area (Å²) in [5.74, 6) is 0. The second-order valence-corrected chi connectivity index (χ2v) is 3.76. The van der Waals surface area contributed by atoms with Crippen molar-refractivity contribution in [2.24, 2.45) is 0 Å². The number of fused-ring (bicyclic) bond motifs is 1. The zero-order valence-electron chi connectivity index (χ0n) is 8.16. The third-order valence-electron chi connectivity index (χ3n) is 2.22. The molecule has 0 saturated carbocycles. The Kier molecular flexibility index (Phi) is 2.30. The van der Waals surface area contributed by atoms with E-state index in [1.807, 2.05) is 32.3 Å². The summed E-state index contributed by atoms with van der Waals surface area (Å²) in [7, 11) is 4.04. The lowest BCUT2D eigenvalue weighted by atomic mass is 10.1. The molecular weight excluding hydrogens is 196 g/mol. The van der Waals surface area contributed by atoms with Gasteiger partial charge in [0.15, 0.2) is 0 Å². The van der Waals surface area contributed by atoms with E-state index in [1.54, 1.807) is 6.20 Å². The fourth-order valence-corrected chi connectivity index (χ4v) is 1.64. The van der Waals surface area contributed by atoms with Gasteiger partial charge in [0.1, 0.15) is 5.15 Å². The molecule has 0 unspecified atom stereocenters. The lowest BCUT2D eigenvalue weighted by Crippen LogP contribution is -2.08. The van der Waals surface area contributed by atoms with Crippen molar-refractivity contribution in [2.45, 2.75) is 0 Å². The largest absolute Gasteiger partial charge is 0.378 e. The van der Waals surface area contributed by atoms with Gasteiger partial charge >= 0.3 is 0 Å². The van der Waals surface area contributed by atoms with Crippen LogP contribution in [0.4, 0.5) is 5.69 Å². The minimum atomic E-state index is 0.563. The lowest BCUT2D eigenvalue weighted by molar-refractivity contribution is 1.13. The summed E-state index contributed by atoms with van der Waals surface area (Å²) in [6.45, 7) is 0. The minimum Gasteiger partial charge on any atom is -0.378 e. The molecule has 3 heteroatoms. The highest BCUT2D eigenvalue weighted by molar-refractivity contribution is 6.34. The van der Waals surface area contributed by atoms with Crippen LogP contribution in [-0.4, -0.2) is 19.1 Å². The fourth-order valence-electron chi connectivity index (χ4n) is 1.41. The normalized spacial score (nSPS) is 10.5. The Labute approximate surface area is 88.1 Å². The van der Waals surface area contributed by atoms with Gasteiger partial charge in [-0.3, -0.25) is 0 Å². The van der Waals surface area contributed by atoms with Crippen molar-refractivity contribution in [2.75, 3.05) is 19.0 Å². The third kappa shape index (κ3) is 1.53. The third-order valence-corrected chi connectivity index (χ3v) is 2.52. The van der Waals surface area contributed by atoms with Crippen molar-refractivity contribution in [1.29, 1.82) is 0 Å². The molecule has 0 aliphatic carbocycles. The number of nitrogens with zero attached hydrogens (tertiary/aromatic N) is 2. The quantitative estimate of drug-likeness (QED) is 0.667. The second kappa shape index (κ2) is 3.46.